The zero-order chi connectivity index (χ0) is 13.0. The van der Waals surface area contributed by atoms with Crippen molar-refractivity contribution in [3.8, 4) is 0 Å². The molecule has 1 aromatic rings. The summed E-state index contributed by atoms with van der Waals surface area (Å²) in [4.78, 5) is 6.52. The second kappa shape index (κ2) is 5.82. The van der Waals surface area contributed by atoms with E-state index in [9.17, 15) is 0 Å². The van der Waals surface area contributed by atoms with Gasteiger partial charge in [0.05, 0.1) is 6.10 Å². The third kappa shape index (κ3) is 2.98. The van der Waals surface area contributed by atoms with E-state index < -0.39 is 0 Å². The van der Waals surface area contributed by atoms with Crippen LogP contribution < -0.4 is 10.6 Å². The third-order valence-electron chi connectivity index (χ3n) is 3.21. The first kappa shape index (κ1) is 12.8. The van der Waals surface area contributed by atoms with E-state index in [-0.39, 0.29) is 5.84 Å². The van der Waals surface area contributed by atoms with Gasteiger partial charge in [-0.3, -0.25) is 5.41 Å². The lowest BCUT2D eigenvalue weighted by Gasteiger charge is -2.25. The maximum atomic E-state index is 7.46. The van der Waals surface area contributed by atoms with E-state index in [2.05, 4.69) is 16.8 Å². The number of nitrogens with zero attached hydrogens (tertiary/aromatic N) is 2. The number of pyridine rings is 1. The van der Waals surface area contributed by atoms with Gasteiger partial charge in [0.15, 0.2) is 0 Å². The molecular weight excluding hydrogens is 228 g/mol. The Morgan fingerprint density at radius 1 is 1.67 bits per heavy atom. The molecule has 0 aromatic carbocycles. The molecule has 0 radical (unpaired) electrons. The molecule has 1 unspecified atom stereocenters. The summed E-state index contributed by atoms with van der Waals surface area (Å²) in [5.74, 6) is 0.938. The van der Waals surface area contributed by atoms with Crippen molar-refractivity contribution < 1.29 is 4.74 Å². The standard InChI is InChI=1S/C13H20N4O/c1-2-17(9-11-4-3-7-18-11)12-8-10(13(14)15)5-6-16-12/h5-6,8,11H,2-4,7,9H2,1H3,(H3,14,15). The maximum absolute atomic E-state index is 7.46. The van der Waals surface area contributed by atoms with E-state index in [0.29, 0.717) is 11.7 Å². The minimum absolute atomic E-state index is 0.0758. The van der Waals surface area contributed by atoms with Crippen LogP contribution in [0.3, 0.4) is 0 Å². The Kier molecular flexibility index (Phi) is 4.15. The second-order valence-corrected chi connectivity index (χ2v) is 4.49. The van der Waals surface area contributed by atoms with E-state index in [4.69, 9.17) is 15.9 Å². The highest BCUT2D eigenvalue weighted by atomic mass is 16.5. The van der Waals surface area contributed by atoms with Gasteiger partial charge in [-0.15, -0.1) is 0 Å². The van der Waals surface area contributed by atoms with Crippen LogP contribution in [0.25, 0.3) is 0 Å². The molecule has 0 bridgehead atoms. The molecule has 5 heteroatoms. The molecule has 1 fully saturated rings. The van der Waals surface area contributed by atoms with Crippen molar-refractivity contribution in [3.63, 3.8) is 0 Å². The number of hydrogen-bond donors (Lipinski definition) is 2. The number of amidine groups is 1. The Bertz CT molecular complexity index is 415. The lowest BCUT2D eigenvalue weighted by atomic mass is 10.2. The number of anilines is 1. The molecular formula is C13H20N4O. The predicted octanol–water partition coefficient (Wildman–Crippen LogP) is 1.37. The van der Waals surface area contributed by atoms with Crippen LogP contribution in [0.1, 0.15) is 25.3 Å². The SMILES string of the molecule is CCN(CC1CCCO1)c1cc(C(=N)N)ccn1. The normalized spacial score (nSPS) is 18.8. The highest BCUT2D eigenvalue weighted by Gasteiger charge is 2.19. The number of rotatable bonds is 5. The maximum Gasteiger partial charge on any atom is 0.129 e. The molecule has 18 heavy (non-hydrogen) atoms. The Hall–Kier alpha value is -1.62. The quantitative estimate of drug-likeness (QED) is 0.609. The molecule has 3 N–H and O–H groups in total. The minimum atomic E-state index is 0.0758. The van der Waals surface area contributed by atoms with Gasteiger partial charge in [-0.25, -0.2) is 4.98 Å². The summed E-state index contributed by atoms with van der Waals surface area (Å²) < 4.78 is 5.65. The molecule has 1 aliphatic heterocycles. The van der Waals surface area contributed by atoms with E-state index in [1.54, 1.807) is 12.3 Å². The first-order chi connectivity index (χ1) is 8.70. The summed E-state index contributed by atoms with van der Waals surface area (Å²) in [6.07, 6.45) is 4.25. The molecule has 2 heterocycles. The number of ether oxygens (including phenoxy) is 1. The molecule has 5 nitrogen and oxygen atoms in total. The van der Waals surface area contributed by atoms with Gasteiger partial charge in [0.1, 0.15) is 11.7 Å². The van der Waals surface area contributed by atoms with Crippen molar-refractivity contribution in [2.24, 2.45) is 5.73 Å². The summed E-state index contributed by atoms with van der Waals surface area (Å²) in [5, 5.41) is 7.46. The lowest BCUT2D eigenvalue weighted by Crippen LogP contribution is -2.32. The highest BCUT2D eigenvalue weighted by Crippen LogP contribution is 2.18. The van der Waals surface area contributed by atoms with E-state index in [1.165, 1.54) is 0 Å². The van der Waals surface area contributed by atoms with Gasteiger partial charge in [0, 0.05) is 31.5 Å². The Balaban J connectivity index is 2.10. The Morgan fingerprint density at radius 3 is 3.11 bits per heavy atom. The van der Waals surface area contributed by atoms with Crippen LogP contribution in [0.4, 0.5) is 5.82 Å². The summed E-state index contributed by atoms with van der Waals surface area (Å²) in [7, 11) is 0. The highest BCUT2D eigenvalue weighted by molar-refractivity contribution is 5.95. The molecule has 0 amide bonds. The predicted molar refractivity (Wildman–Crippen MR) is 72.1 cm³/mol. The van der Waals surface area contributed by atoms with Crippen LogP contribution >= 0.6 is 0 Å². The smallest absolute Gasteiger partial charge is 0.129 e. The number of nitrogens with one attached hydrogen (secondary N) is 1. The van der Waals surface area contributed by atoms with Crippen LogP contribution in [0.15, 0.2) is 18.3 Å². The largest absolute Gasteiger partial charge is 0.384 e. The summed E-state index contributed by atoms with van der Waals surface area (Å²) in [5.41, 5.74) is 6.21. The van der Waals surface area contributed by atoms with Crippen LogP contribution in [-0.2, 0) is 4.74 Å². The second-order valence-electron chi connectivity index (χ2n) is 4.49. The van der Waals surface area contributed by atoms with Crippen molar-refractivity contribution in [3.05, 3.63) is 23.9 Å². The molecule has 98 valence electrons. The Labute approximate surface area is 107 Å². The van der Waals surface area contributed by atoms with Gasteiger partial charge in [0.25, 0.3) is 0 Å². The average Bonchev–Trinajstić information content (AvgIpc) is 2.89. The number of nitrogen functional groups attached to an aromatic ring is 1. The van der Waals surface area contributed by atoms with Gasteiger partial charge in [-0.05, 0) is 31.9 Å². The molecule has 1 atom stereocenters. The van der Waals surface area contributed by atoms with E-state index >= 15 is 0 Å². The molecule has 1 saturated heterocycles. The molecule has 0 spiro atoms. The fraction of sp³-hybridized carbons (Fsp3) is 0.538. The fourth-order valence-corrected chi connectivity index (χ4v) is 2.18. The first-order valence-electron chi connectivity index (χ1n) is 6.37. The van der Waals surface area contributed by atoms with Gasteiger partial charge < -0.3 is 15.4 Å². The van der Waals surface area contributed by atoms with Crippen LogP contribution in [0.2, 0.25) is 0 Å². The van der Waals surface area contributed by atoms with E-state index in [1.807, 2.05) is 6.07 Å². The zero-order valence-electron chi connectivity index (χ0n) is 10.7. The van der Waals surface area contributed by atoms with Gasteiger partial charge >= 0.3 is 0 Å². The van der Waals surface area contributed by atoms with Crippen LogP contribution in [-0.4, -0.2) is 36.6 Å². The van der Waals surface area contributed by atoms with E-state index in [0.717, 1.165) is 38.4 Å². The number of nitrogens with two attached hydrogens (primary N) is 1. The monoisotopic (exact) mass is 248 g/mol. The van der Waals surface area contributed by atoms with Crippen LogP contribution in [0.5, 0.6) is 0 Å². The van der Waals surface area contributed by atoms with Crippen molar-refractivity contribution in [1.82, 2.24) is 4.98 Å². The molecule has 1 aliphatic rings. The minimum Gasteiger partial charge on any atom is -0.384 e. The van der Waals surface area contributed by atoms with Crippen molar-refractivity contribution in [2.75, 3.05) is 24.6 Å². The summed E-state index contributed by atoms with van der Waals surface area (Å²) in [6, 6.07) is 3.62. The topological polar surface area (TPSA) is 75.2 Å². The van der Waals surface area contributed by atoms with Gasteiger partial charge in [0.2, 0.25) is 0 Å². The fourth-order valence-electron chi connectivity index (χ4n) is 2.18. The van der Waals surface area contributed by atoms with Crippen molar-refractivity contribution in [2.45, 2.75) is 25.9 Å². The molecule has 0 saturated carbocycles. The average molecular weight is 248 g/mol. The van der Waals surface area contributed by atoms with Gasteiger partial charge in [-0.2, -0.15) is 0 Å². The molecule has 2 rings (SSSR count). The number of likely N-dealkylation sites (N-methyl/N-ethyl adjacent to an activating group) is 1. The zero-order valence-corrected chi connectivity index (χ0v) is 10.7. The Morgan fingerprint density at radius 2 is 2.50 bits per heavy atom. The summed E-state index contributed by atoms with van der Waals surface area (Å²) in [6.45, 7) is 4.68. The van der Waals surface area contributed by atoms with Crippen molar-refractivity contribution >= 4 is 11.7 Å². The van der Waals surface area contributed by atoms with Crippen LogP contribution in [0, 0.1) is 5.41 Å². The number of aromatic nitrogens is 1. The van der Waals surface area contributed by atoms with Gasteiger partial charge in [-0.1, -0.05) is 0 Å². The summed E-state index contributed by atoms with van der Waals surface area (Å²) >= 11 is 0. The first-order valence-corrected chi connectivity index (χ1v) is 6.37. The molecule has 0 aliphatic carbocycles. The van der Waals surface area contributed by atoms with Crippen molar-refractivity contribution in [1.29, 1.82) is 5.41 Å². The number of hydrogen-bond acceptors (Lipinski definition) is 4. The third-order valence-corrected chi connectivity index (χ3v) is 3.21. The molecule has 1 aromatic heterocycles. The lowest BCUT2D eigenvalue weighted by molar-refractivity contribution is 0.115.